The van der Waals surface area contributed by atoms with E-state index in [1.54, 1.807) is 13.0 Å². The van der Waals surface area contributed by atoms with Crippen LogP contribution in [0.15, 0.2) is 28.7 Å². The molecule has 0 fully saturated rings. The first-order chi connectivity index (χ1) is 9.21. The highest BCUT2D eigenvalue weighted by Gasteiger charge is 2.24. The predicted octanol–water partition coefficient (Wildman–Crippen LogP) is 2.74. The van der Waals surface area contributed by atoms with E-state index in [1.807, 2.05) is 39.0 Å². The van der Waals surface area contributed by atoms with Gasteiger partial charge in [0.05, 0.1) is 10.6 Å². The summed E-state index contributed by atoms with van der Waals surface area (Å²) in [5.41, 5.74) is -0.264. The van der Waals surface area contributed by atoms with Gasteiger partial charge in [-0.05, 0) is 40.4 Å². The van der Waals surface area contributed by atoms with Crippen molar-refractivity contribution in [2.24, 2.45) is 5.41 Å². The van der Waals surface area contributed by atoms with Crippen molar-refractivity contribution in [1.82, 2.24) is 5.32 Å². The van der Waals surface area contributed by atoms with Gasteiger partial charge in [0.25, 0.3) is 5.91 Å². The van der Waals surface area contributed by atoms with E-state index >= 15 is 0 Å². The van der Waals surface area contributed by atoms with E-state index in [9.17, 15) is 9.90 Å². The molecule has 0 saturated carbocycles. The summed E-state index contributed by atoms with van der Waals surface area (Å²) in [6, 6.07) is 7.36. The molecule has 0 spiro atoms. The molecule has 1 aromatic carbocycles. The van der Waals surface area contributed by atoms with Gasteiger partial charge < -0.3 is 15.2 Å². The fourth-order valence-electron chi connectivity index (χ4n) is 1.43. The van der Waals surface area contributed by atoms with E-state index in [4.69, 9.17) is 4.74 Å². The minimum atomic E-state index is -0.624. The molecular formula is C15H22BrNO3. The molecule has 2 atom stereocenters. The van der Waals surface area contributed by atoms with Crippen molar-refractivity contribution in [2.75, 3.05) is 6.54 Å². The first-order valence-electron chi connectivity index (χ1n) is 6.58. The molecule has 112 valence electrons. The molecule has 0 aliphatic carbocycles. The van der Waals surface area contributed by atoms with Gasteiger partial charge in [-0.15, -0.1) is 0 Å². The number of aliphatic hydroxyl groups is 1. The lowest BCUT2D eigenvalue weighted by Gasteiger charge is -2.26. The van der Waals surface area contributed by atoms with Gasteiger partial charge in [-0.25, -0.2) is 0 Å². The number of nitrogens with one attached hydrogen (secondary N) is 1. The van der Waals surface area contributed by atoms with Gasteiger partial charge in [-0.1, -0.05) is 32.9 Å². The molecule has 2 unspecified atom stereocenters. The summed E-state index contributed by atoms with van der Waals surface area (Å²) in [7, 11) is 0. The van der Waals surface area contributed by atoms with E-state index < -0.39 is 12.2 Å². The van der Waals surface area contributed by atoms with E-state index in [0.29, 0.717) is 5.75 Å². The molecule has 5 heteroatoms. The van der Waals surface area contributed by atoms with Crippen LogP contribution < -0.4 is 10.1 Å². The van der Waals surface area contributed by atoms with Crippen LogP contribution in [-0.4, -0.2) is 29.8 Å². The lowest BCUT2D eigenvalue weighted by molar-refractivity contribution is -0.128. The highest BCUT2D eigenvalue weighted by molar-refractivity contribution is 9.10. The number of amides is 1. The smallest absolute Gasteiger partial charge is 0.260 e. The first-order valence-corrected chi connectivity index (χ1v) is 7.38. The highest BCUT2D eigenvalue weighted by Crippen LogP contribution is 2.24. The Bertz CT molecular complexity index is 457. The van der Waals surface area contributed by atoms with Gasteiger partial charge in [0.1, 0.15) is 5.75 Å². The Hall–Kier alpha value is -1.07. The number of carbonyl (C=O) groups excluding carboxylic acids is 1. The van der Waals surface area contributed by atoms with Gasteiger partial charge in [-0.3, -0.25) is 4.79 Å². The molecule has 0 saturated heterocycles. The number of para-hydroxylation sites is 1. The molecule has 20 heavy (non-hydrogen) atoms. The Morgan fingerprint density at radius 1 is 1.40 bits per heavy atom. The third-order valence-corrected chi connectivity index (χ3v) is 3.63. The molecule has 0 bridgehead atoms. The Morgan fingerprint density at radius 2 is 2.00 bits per heavy atom. The largest absolute Gasteiger partial charge is 0.480 e. The highest BCUT2D eigenvalue weighted by atomic mass is 79.9. The molecule has 0 aromatic heterocycles. The number of aliphatic hydroxyl groups excluding tert-OH is 1. The van der Waals surface area contributed by atoms with Crippen molar-refractivity contribution in [1.29, 1.82) is 0 Å². The molecule has 1 aromatic rings. The van der Waals surface area contributed by atoms with Crippen molar-refractivity contribution in [3.8, 4) is 5.75 Å². The number of benzene rings is 1. The van der Waals surface area contributed by atoms with Gasteiger partial charge in [0, 0.05) is 6.54 Å². The number of hydrogen-bond acceptors (Lipinski definition) is 3. The quantitative estimate of drug-likeness (QED) is 0.864. The van der Waals surface area contributed by atoms with Crippen molar-refractivity contribution < 1.29 is 14.6 Å². The fourth-order valence-corrected chi connectivity index (χ4v) is 1.81. The number of halogens is 1. The zero-order chi connectivity index (χ0) is 15.3. The topological polar surface area (TPSA) is 58.6 Å². The molecule has 0 aliphatic heterocycles. The second-order valence-electron chi connectivity index (χ2n) is 5.82. The van der Waals surface area contributed by atoms with E-state index in [2.05, 4.69) is 21.2 Å². The molecule has 1 amide bonds. The molecular weight excluding hydrogens is 322 g/mol. The molecule has 0 radical (unpaired) electrons. The van der Waals surface area contributed by atoms with Gasteiger partial charge >= 0.3 is 0 Å². The van der Waals surface area contributed by atoms with Crippen LogP contribution in [0, 0.1) is 5.41 Å². The second-order valence-corrected chi connectivity index (χ2v) is 6.67. The van der Waals surface area contributed by atoms with E-state index in [0.717, 1.165) is 4.47 Å². The first kappa shape index (κ1) is 17.0. The lowest BCUT2D eigenvalue weighted by atomic mass is 9.89. The summed E-state index contributed by atoms with van der Waals surface area (Å²) in [6.45, 7) is 7.66. The summed E-state index contributed by atoms with van der Waals surface area (Å²) < 4.78 is 6.38. The van der Waals surface area contributed by atoms with Crippen molar-refractivity contribution >= 4 is 21.8 Å². The standard InChI is InChI=1S/C15H22BrNO3/c1-10(20-12-8-6-5-7-11(12)16)14(19)17-9-13(18)15(2,3)4/h5-8,10,13,18H,9H2,1-4H3,(H,17,19). The third kappa shape index (κ3) is 5.13. The number of carbonyl (C=O) groups is 1. The normalized spacial score (nSPS) is 14.5. The van der Waals surface area contributed by atoms with Crippen LogP contribution in [0.5, 0.6) is 5.75 Å². The van der Waals surface area contributed by atoms with Crippen LogP contribution in [0.3, 0.4) is 0 Å². The number of hydrogen-bond donors (Lipinski definition) is 2. The zero-order valence-corrected chi connectivity index (χ0v) is 13.9. The van der Waals surface area contributed by atoms with Crippen LogP contribution in [0.1, 0.15) is 27.7 Å². The Labute approximate surface area is 128 Å². The third-order valence-electron chi connectivity index (χ3n) is 2.98. The zero-order valence-electron chi connectivity index (χ0n) is 12.3. The molecule has 0 aliphatic rings. The van der Waals surface area contributed by atoms with Crippen molar-refractivity contribution in [3.63, 3.8) is 0 Å². The van der Waals surface area contributed by atoms with E-state index in [1.165, 1.54) is 0 Å². The van der Waals surface area contributed by atoms with Gasteiger partial charge in [-0.2, -0.15) is 0 Å². The minimum Gasteiger partial charge on any atom is -0.480 e. The summed E-state index contributed by atoms with van der Waals surface area (Å²) in [4.78, 5) is 11.9. The maximum atomic E-state index is 11.9. The average Bonchev–Trinajstić information content (AvgIpc) is 2.36. The second kappa shape index (κ2) is 7.09. The van der Waals surface area contributed by atoms with Gasteiger partial charge in [0.15, 0.2) is 6.10 Å². The molecule has 4 nitrogen and oxygen atoms in total. The Kier molecular flexibility index (Phi) is 6.02. The monoisotopic (exact) mass is 343 g/mol. The number of rotatable bonds is 5. The summed E-state index contributed by atoms with van der Waals surface area (Å²) in [5.74, 6) is 0.371. The molecule has 0 heterocycles. The van der Waals surface area contributed by atoms with Crippen molar-refractivity contribution in [2.45, 2.75) is 39.9 Å². The van der Waals surface area contributed by atoms with Crippen LogP contribution in [0.2, 0.25) is 0 Å². The SMILES string of the molecule is CC(Oc1ccccc1Br)C(=O)NCC(O)C(C)(C)C. The number of ether oxygens (including phenoxy) is 1. The molecule has 2 N–H and O–H groups in total. The molecule has 1 rings (SSSR count). The maximum absolute atomic E-state index is 11.9. The van der Waals surface area contributed by atoms with Gasteiger partial charge in [0.2, 0.25) is 0 Å². The fraction of sp³-hybridized carbons (Fsp3) is 0.533. The van der Waals surface area contributed by atoms with E-state index in [-0.39, 0.29) is 17.9 Å². The Morgan fingerprint density at radius 3 is 2.55 bits per heavy atom. The lowest BCUT2D eigenvalue weighted by Crippen LogP contribution is -2.43. The van der Waals surface area contributed by atoms with Crippen molar-refractivity contribution in [3.05, 3.63) is 28.7 Å². The summed E-state index contributed by atoms with van der Waals surface area (Å²) in [5, 5.41) is 12.6. The van der Waals surface area contributed by atoms with Crippen LogP contribution in [0.4, 0.5) is 0 Å². The van der Waals surface area contributed by atoms with Crippen LogP contribution >= 0.6 is 15.9 Å². The minimum absolute atomic E-state index is 0.214. The Balaban J connectivity index is 2.50. The summed E-state index contributed by atoms with van der Waals surface area (Å²) >= 11 is 3.37. The predicted molar refractivity (Wildman–Crippen MR) is 82.7 cm³/mol. The maximum Gasteiger partial charge on any atom is 0.260 e. The van der Waals surface area contributed by atoms with Crippen LogP contribution in [0.25, 0.3) is 0 Å². The average molecular weight is 344 g/mol. The summed E-state index contributed by atoms with van der Waals surface area (Å²) in [6.07, 6.45) is -1.22. The van der Waals surface area contributed by atoms with Crippen LogP contribution in [-0.2, 0) is 4.79 Å².